The molecule has 3 nitrogen and oxygen atoms in total. The molecule has 2 N–H and O–H groups in total. The summed E-state index contributed by atoms with van der Waals surface area (Å²) in [6.45, 7) is 3.62. The molecule has 0 heterocycles. The van der Waals surface area contributed by atoms with E-state index in [9.17, 15) is 18.0 Å². The summed E-state index contributed by atoms with van der Waals surface area (Å²) in [7, 11) is 1.12. The predicted molar refractivity (Wildman–Crippen MR) is 46.5 cm³/mol. The van der Waals surface area contributed by atoms with Gasteiger partial charge < -0.3 is 10.6 Å². The lowest BCUT2D eigenvalue weighted by atomic mass is 9.93. The van der Waals surface area contributed by atoms with Gasteiger partial charge in [-0.2, -0.15) is 13.2 Å². The van der Waals surface area contributed by atoms with E-state index in [4.69, 9.17) is 5.73 Å². The van der Waals surface area contributed by atoms with Crippen LogP contribution in [-0.4, -0.2) is 37.1 Å². The van der Waals surface area contributed by atoms with E-state index in [1.807, 2.05) is 0 Å². The predicted octanol–water partition coefficient (Wildman–Crippen LogP) is 0.992. The normalized spacial score (nSPS) is 12.8. The molecular weight excluding hydrogens is 197 g/mol. The molecule has 0 aromatic heterocycles. The first-order valence-corrected chi connectivity index (χ1v) is 4.12. The molecule has 84 valence electrons. The maximum atomic E-state index is 12.0. The minimum Gasteiger partial charge on any atom is -0.337 e. The second-order valence-electron chi connectivity index (χ2n) is 4.03. The number of carbonyl (C=O) groups is 1. The number of hydrogen-bond acceptors (Lipinski definition) is 2. The summed E-state index contributed by atoms with van der Waals surface area (Å²) in [4.78, 5) is 11.4. The van der Waals surface area contributed by atoms with Crippen LogP contribution < -0.4 is 5.73 Å². The van der Waals surface area contributed by atoms with Gasteiger partial charge in [-0.3, -0.25) is 4.79 Å². The van der Waals surface area contributed by atoms with Crippen molar-refractivity contribution in [2.24, 2.45) is 11.1 Å². The molecule has 1 amide bonds. The van der Waals surface area contributed by atoms with Crippen LogP contribution in [0.4, 0.5) is 13.2 Å². The highest BCUT2D eigenvalue weighted by Gasteiger charge is 2.42. The first-order chi connectivity index (χ1) is 6.10. The van der Waals surface area contributed by atoms with E-state index in [-0.39, 0.29) is 13.1 Å². The van der Waals surface area contributed by atoms with Crippen LogP contribution in [0, 0.1) is 5.41 Å². The van der Waals surface area contributed by atoms with Crippen molar-refractivity contribution in [3.63, 3.8) is 0 Å². The number of nitrogens with two attached hydrogens (primary N) is 1. The van der Waals surface area contributed by atoms with Crippen molar-refractivity contribution in [2.45, 2.75) is 20.0 Å². The van der Waals surface area contributed by atoms with Gasteiger partial charge in [-0.05, 0) is 12.0 Å². The largest absolute Gasteiger partial charge is 0.471 e. The van der Waals surface area contributed by atoms with Gasteiger partial charge in [0.25, 0.3) is 0 Å². The van der Waals surface area contributed by atoms with Crippen molar-refractivity contribution in [2.75, 3.05) is 20.1 Å². The lowest BCUT2D eigenvalue weighted by Gasteiger charge is -2.29. The molecule has 0 fully saturated rings. The van der Waals surface area contributed by atoms with Gasteiger partial charge in [0.05, 0.1) is 0 Å². The van der Waals surface area contributed by atoms with E-state index in [2.05, 4.69) is 0 Å². The highest BCUT2D eigenvalue weighted by Crippen LogP contribution is 2.21. The fourth-order valence-corrected chi connectivity index (χ4v) is 0.995. The third-order valence-electron chi connectivity index (χ3n) is 1.81. The Balaban J connectivity index is 4.37. The van der Waals surface area contributed by atoms with Gasteiger partial charge in [0.15, 0.2) is 0 Å². The Bertz CT molecular complexity index is 213. The number of halogens is 3. The van der Waals surface area contributed by atoms with Crippen molar-refractivity contribution >= 4 is 5.91 Å². The number of hydrogen-bond donors (Lipinski definition) is 1. The zero-order chi connectivity index (χ0) is 11.6. The van der Waals surface area contributed by atoms with Crippen LogP contribution in [0.5, 0.6) is 0 Å². The van der Waals surface area contributed by atoms with Crippen LogP contribution in [0.2, 0.25) is 0 Å². The van der Waals surface area contributed by atoms with Crippen LogP contribution in [0.3, 0.4) is 0 Å². The average Bonchev–Trinajstić information content (AvgIpc) is 2.00. The van der Waals surface area contributed by atoms with Gasteiger partial charge in [0, 0.05) is 13.6 Å². The molecule has 0 aliphatic carbocycles. The van der Waals surface area contributed by atoms with Crippen LogP contribution in [-0.2, 0) is 4.79 Å². The smallest absolute Gasteiger partial charge is 0.337 e. The molecule has 14 heavy (non-hydrogen) atoms. The Morgan fingerprint density at radius 2 is 1.79 bits per heavy atom. The third-order valence-corrected chi connectivity index (χ3v) is 1.81. The summed E-state index contributed by atoms with van der Waals surface area (Å²) in [5, 5.41) is 0. The quantitative estimate of drug-likeness (QED) is 0.758. The van der Waals surface area contributed by atoms with Gasteiger partial charge >= 0.3 is 12.1 Å². The summed E-state index contributed by atoms with van der Waals surface area (Å²) in [6.07, 6.45) is -4.81. The van der Waals surface area contributed by atoms with Crippen molar-refractivity contribution in [3.8, 4) is 0 Å². The summed E-state index contributed by atoms with van der Waals surface area (Å²) in [5.41, 5.74) is 4.84. The Labute approximate surface area is 81.1 Å². The number of alkyl halides is 3. The SMILES string of the molecule is CN(CC(C)(C)CN)C(=O)C(F)(F)F. The van der Waals surface area contributed by atoms with Gasteiger partial charge in [0.1, 0.15) is 0 Å². The van der Waals surface area contributed by atoms with E-state index in [1.165, 1.54) is 0 Å². The van der Waals surface area contributed by atoms with E-state index in [1.54, 1.807) is 13.8 Å². The first-order valence-electron chi connectivity index (χ1n) is 4.12. The van der Waals surface area contributed by atoms with Crippen molar-refractivity contribution in [1.82, 2.24) is 4.90 Å². The summed E-state index contributed by atoms with van der Waals surface area (Å²) < 4.78 is 35.9. The fourth-order valence-electron chi connectivity index (χ4n) is 0.995. The highest BCUT2D eigenvalue weighted by atomic mass is 19.4. The molecule has 0 bridgehead atoms. The number of amides is 1. The monoisotopic (exact) mass is 212 g/mol. The standard InChI is InChI=1S/C8H15F3N2O/c1-7(2,4-12)5-13(3)6(14)8(9,10)11/h4-5,12H2,1-3H3. The van der Waals surface area contributed by atoms with Gasteiger partial charge in [0.2, 0.25) is 0 Å². The first kappa shape index (κ1) is 13.2. The topological polar surface area (TPSA) is 46.3 Å². The lowest BCUT2D eigenvalue weighted by molar-refractivity contribution is -0.185. The lowest BCUT2D eigenvalue weighted by Crippen LogP contribution is -2.45. The van der Waals surface area contributed by atoms with Crippen LogP contribution in [0.25, 0.3) is 0 Å². The third kappa shape index (κ3) is 3.95. The second-order valence-corrected chi connectivity index (χ2v) is 4.03. The Morgan fingerprint density at radius 3 is 2.07 bits per heavy atom. The molecule has 0 aliphatic heterocycles. The van der Waals surface area contributed by atoms with Gasteiger partial charge in [-0.1, -0.05) is 13.8 Å². The molecular formula is C8H15F3N2O. The molecule has 0 rings (SSSR count). The Kier molecular flexibility index (Phi) is 3.93. The highest BCUT2D eigenvalue weighted by molar-refractivity contribution is 5.81. The van der Waals surface area contributed by atoms with Crippen LogP contribution in [0.1, 0.15) is 13.8 Å². The van der Waals surface area contributed by atoms with Crippen LogP contribution in [0.15, 0.2) is 0 Å². The second kappa shape index (κ2) is 4.16. The molecule has 0 spiro atoms. The molecule has 0 unspecified atom stereocenters. The van der Waals surface area contributed by atoms with Gasteiger partial charge in [-0.15, -0.1) is 0 Å². The molecule has 0 aliphatic rings. The van der Waals surface area contributed by atoms with E-state index < -0.39 is 17.5 Å². The van der Waals surface area contributed by atoms with Crippen LogP contribution >= 0.6 is 0 Å². The molecule has 0 atom stereocenters. The zero-order valence-corrected chi connectivity index (χ0v) is 8.48. The minimum atomic E-state index is -4.81. The minimum absolute atomic E-state index is 0.0121. The maximum absolute atomic E-state index is 12.0. The van der Waals surface area contributed by atoms with Crippen molar-refractivity contribution < 1.29 is 18.0 Å². The maximum Gasteiger partial charge on any atom is 0.471 e. The Morgan fingerprint density at radius 1 is 1.36 bits per heavy atom. The van der Waals surface area contributed by atoms with Crippen molar-refractivity contribution in [1.29, 1.82) is 0 Å². The summed E-state index contributed by atoms with van der Waals surface area (Å²) in [6, 6.07) is 0. The molecule has 0 aromatic rings. The fraction of sp³-hybridized carbons (Fsp3) is 0.875. The molecule has 6 heteroatoms. The molecule has 0 saturated heterocycles. The molecule has 0 radical (unpaired) electrons. The van der Waals surface area contributed by atoms with E-state index in [0.717, 1.165) is 7.05 Å². The van der Waals surface area contributed by atoms with Gasteiger partial charge in [-0.25, -0.2) is 0 Å². The number of rotatable bonds is 3. The molecule has 0 aromatic carbocycles. The molecule has 0 saturated carbocycles. The Hall–Kier alpha value is -0.780. The summed E-state index contributed by atoms with van der Waals surface area (Å²) >= 11 is 0. The van der Waals surface area contributed by atoms with E-state index >= 15 is 0 Å². The number of carbonyl (C=O) groups excluding carboxylic acids is 1. The van der Waals surface area contributed by atoms with Crippen molar-refractivity contribution in [3.05, 3.63) is 0 Å². The number of nitrogens with zero attached hydrogens (tertiary/aromatic N) is 1. The van der Waals surface area contributed by atoms with E-state index in [0.29, 0.717) is 4.90 Å². The summed E-state index contributed by atoms with van der Waals surface area (Å²) in [5.74, 6) is -1.83. The average molecular weight is 212 g/mol. The zero-order valence-electron chi connectivity index (χ0n) is 8.48.